The number of rotatable bonds is 6. The number of hydrogen-bond acceptors (Lipinski definition) is 6. The lowest BCUT2D eigenvalue weighted by Gasteiger charge is -2.17. The summed E-state index contributed by atoms with van der Waals surface area (Å²) in [5, 5.41) is 5.94. The molecule has 0 atom stereocenters. The molecule has 0 aliphatic carbocycles. The average Bonchev–Trinajstić information content (AvgIpc) is 3.10. The first kappa shape index (κ1) is 16.8. The van der Waals surface area contributed by atoms with E-state index in [0.29, 0.717) is 17.3 Å². The smallest absolute Gasteiger partial charge is 0.252 e. The quantitative estimate of drug-likeness (QED) is 0.730. The lowest BCUT2D eigenvalue weighted by Crippen LogP contribution is -2.31. The number of nitrogens with zero attached hydrogens (tertiary/aromatic N) is 3. The Morgan fingerprint density at radius 1 is 1.21 bits per heavy atom. The van der Waals surface area contributed by atoms with Gasteiger partial charge in [-0.05, 0) is 30.0 Å². The summed E-state index contributed by atoms with van der Waals surface area (Å²) in [6, 6.07) is 9.24. The van der Waals surface area contributed by atoms with Crippen LogP contribution in [0.1, 0.15) is 5.56 Å². The van der Waals surface area contributed by atoms with Gasteiger partial charge in [-0.2, -0.15) is 4.31 Å². The fourth-order valence-corrected chi connectivity index (χ4v) is 4.80. The van der Waals surface area contributed by atoms with E-state index in [1.807, 2.05) is 25.1 Å². The first-order valence-electron chi connectivity index (χ1n) is 7.44. The number of fused-ring (bicyclic) bond motifs is 1. The van der Waals surface area contributed by atoms with Gasteiger partial charge in [0.25, 0.3) is 10.0 Å². The highest BCUT2D eigenvalue weighted by molar-refractivity contribution is 7.91. The van der Waals surface area contributed by atoms with E-state index in [0.717, 1.165) is 22.3 Å². The molecule has 0 aliphatic rings. The van der Waals surface area contributed by atoms with Crippen molar-refractivity contribution in [1.82, 2.24) is 14.3 Å². The van der Waals surface area contributed by atoms with Crippen LogP contribution in [0.25, 0.3) is 10.9 Å². The molecule has 2 aromatic heterocycles. The average molecular weight is 362 g/mol. The van der Waals surface area contributed by atoms with Gasteiger partial charge >= 0.3 is 0 Å². The summed E-state index contributed by atoms with van der Waals surface area (Å²) in [6.45, 7) is 2.81. The number of nitrogens with one attached hydrogen (secondary N) is 1. The topological polar surface area (TPSA) is 75.2 Å². The molecule has 0 saturated heterocycles. The van der Waals surface area contributed by atoms with Crippen molar-refractivity contribution < 1.29 is 8.42 Å². The molecule has 126 valence electrons. The Bertz CT molecular complexity index is 935. The van der Waals surface area contributed by atoms with E-state index in [2.05, 4.69) is 15.3 Å². The van der Waals surface area contributed by atoms with E-state index in [4.69, 9.17) is 0 Å². The third-order valence-corrected chi connectivity index (χ3v) is 6.98. The van der Waals surface area contributed by atoms with Crippen molar-refractivity contribution in [3.63, 3.8) is 0 Å². The Morgan fingerprint density at radius 3 is 2.79 bits per heavy atom. The van der Waals surface area contributed by atoms with Gasteiger partial charge in [0.1, 0.15) is 16.4 Å². The third-order valence-electron chi connectivity index (χ3n) is 3.75. The summed E-state index contributed by atoms with van der Waals surface area (Å²) in [5.74, 6) is 0.722. The fourth-order valence-electron chi connectivity index (χ4n) is 2.43. The Balaban J connectivity index is 1.71. The number of benzene rings is 1. The highest BCUT2D eigenvalue weighted by Crippen LogP contribution is 2.23. The predicted octanol–water partition coefficient (Wildman–Crippen LogP) is 2.73. The number of likely N-dealkylation sites (N-methyl/N-ethyl adjacent to an activating group) is 1. The number of hydrogen-bond donors (Lipinski definition) is 1. The molecule has 0 spiro atoms. The van der Waals surface area contributed by atoms with Crippen LogP contribution in [0.4, 0.5) is 5.82 Å². The van der Waals surface area contributed by atoms with Crippen LogP contribution in [0.2, 0.25) is 0 Å². The van der Waals surface area contributed by atoms with Crippen molar-refractivity contribution in [3.05, 3.63) is 47.6 Å². The number of sulfonamides is 1. The molecule has 0 aliphatic heterocycles. The summed E-state index contributed by atoms with van der Waals surface area (Å²) in [4.78, 5) is 8.55. The zero-order valence-electron chi connectivity index (χ0n) is 13.4. The zero-order valence-corrected chi connectivity index (χ0v) is 15.1. The Labute approximate surface area is 145 Å². The minimum absolute atomic E-state index is 0.345. The molecule has 8 heteroatoms. The number of thiophene rings is 1. The molecule has 6 nitrogen and oxygen atoms in total. The number of aromatic nitrogens is 2. The second-order valence-electron chi connectivity index (χ2n) is 5.38. The maximum absolute atomic E-state index is 12.4. The molecule has 0 bridgehead atoms. The van der Waals surface area contributed by atoms with Gasteiger partial charge in [0, 0.05) is 25.5 Å². The van der Waals surface area contributed by atoms with Crippen LogP contribution in [0.3, 0.4) is 0 Å². The molecule has 3 rings (SSSR count). The molecule has 0 unspecified atom stereocenters. The molecule has 0 saturated carbocycles. The van der Waals surface area contributed by atoms with E-state index < -0.39 is 10.0 Å². The van der Waals surface area contributed by atoms with Crippen molar-refractivity contribution in [1.29, 1.82) is 0 Å². The SMILES string of the molecule is Cc1cccc2ncnc(NCCN(C)S(=O)(=O)c3cccs3)c12. The van der Waals surface area contributed by atoms with E-state index in [-0.39, 0.29) is 0 Å². The fraction of sp³-hybridized carbons (Fsp3) is 0.250. The van der Waals surface area contributed by atoms with E-state index in [1.165, 1.54) is 22.0 Å². The van der Waals surface area contributed by atoms with E-state index >= 15 is 0 Å². The monoisotopic (exact) mass is 362 g/mol. The Hall–Kier alpha value is -2.03. The largest absolute Gasteiger partial charge is 0.368 e. The Kier molecular flexibility index (Phi) is 4.79. The summed E-state index contributed by atoms with van der Waals surface area (Å²) in [7, 11) is -1.84. The highest BCUT2D eigenvalue weighted by Gasteiger charge is 2.21. The third kappa shape index (κ3) is 3.26. The summed E-state index contributed by atoms with van der Waals surface area (Å²) >= 11 is 1.22. The molecule has 3 aromatic rings. The van der Waals surface area contributed by atoms with Gasteiger partial charge in [0.15, 0.2) is 0 Å². The lowest BCUT2D eigenvalue weighted by atomic mass is 10.1. The first-order chi connectivity index (χ1) is 11.5. The van der Waals surface area contributed by atoms with Gasteiger partial charge in [-0.15, -0.1) is 11.3 Å². The van der Waals surface area contributed by atoms with Crippen molar-refractivity contribution in [3.8, 4) is 0 Å². The van der Waals surface area contributed by atoms with Gasteiger partial charge in [-0.1, -0.05) is 18.2 Å². The molecule has 2 heterocycles. The summed E-state index contributed by atoms with van der Waals surface area (Å²) in [6.07, 6.45) is 1.51. The van der Waals surface area contributed by atoms with Crippen LogP contribution in [0.15, 0.2) is 46.2 Å². The van der Waals surface area contributed by atoms with Crippen LogP contribution in [0.5, 0.6) is 0 Å². The number of aryl methyl sites for hydroxylation is 1. The lowest BCUT2D eigenvalue weighted by molar-refractivity contribution is 0.482. The predicted molar refractivity (Wildman–Crippen MR) is 96.9 cm³/mol. The van der Waals surface area contributed by atoms with Crippen LogP contribution in [-0.2, 0) is 10.0 Å². The molecule has 1 N–H and O–H groups in total. The molecular weight excluding hydrogens is 344 g/mol. The van der Waals surface area contributed by atoms with Crippen LogP contribution in [0, 0.1) is 6.92 Å². The van der Waals surface area contributed by atoms with Gasteiger partial charge in [0.2, 0.25) is 0 Å². The Morgan fingerprint density at radius 2 is 2.04 bits per heavy atom. The molecule has 0 fully saturated rings. The van der Waals surface area contributed by atoms with Gasteiger partial charge in [-0.3, -0.25) is 0 Å². The second-order valence-corrected chi connectivity index (χ2v) is 8.60. The van der Waals surface area contributed by atoms with Crippen molar-refractivity contribution in [2.45, 2.75) is 11.1 Å². The molecule has 0 radical (unpaired) electrons. The van der Waals surface area contributed by atoms with Crippen LogP contribution >= 0.6 is 11.3 Å². The molecule has 1 aromatic carbocycles. The maximum Gasteiger partial charge on any atom is 0.252 e. The number of anilines is 1. The van der Waals surface area contributed by atoms with E-state index in [9.17, 15) is 8.42 Å². The summed E-state index contributed by atoms with van der Waals surface area (Å²) < 4.78 is 26.5. The van der Waals surface area contributed by atoms with E-state index in [1.54, 1.807) is 24.6 Å². The molecular formula is C16H18N4O2S2. The molecule has 24 heavy (non-hydrogen) atoms. The minimum atomic E-state index is -3.42. The second kappa shape index (κ2) is 6.84. The van der Waals surface area contributed by atoms with Crippen LogP contribution < -0.4 is 5.32 Å². The highest BCUT2D eigenvalue weighted by atomic mass is 32.2. The zero-order chi connectivity index (χ0) is 17.2. The van der Waals surface area contributed by atoms with Gasteiger partial charge in [0.05, 0.1) is 5.52 Å². The van der Waals surface area contributed by atoms with Crippen LogP contribution in [-0.4, -0.2) is 42.8 Å². The van der Waals surface area contributed by atoms with Crippen molar-refractivity contribution in [2.24, 2.45) is 0 Å². The van der Waals surface area contributed by atoms with Gasteiger partial charge in [-0.25, -0.2) is 18.4 Å². The van der Waals surface area contributed by atoms with Crippen molar-refractivity contribution >= 4 is 38.1 Å². The molecule has 0 amide bonds. The minimum Gasteiger partial charge on any atom is -0.368 e. The summed E-state index contributed by atoms with van der Waals surface area (Å²) in [5.41, 5.74) is 1.95. The van der Waals surface area contributed by atoms with Crippen molar-refractivity contribution in [2.75, 3.05) is 25.5 Å². The van der Waals surface area contributed by atoms with Gasteiger partial charge < -0.3 is 5.32 Å². The normalized spacial score (nSPS) is 12.0. The standard InChI is InChI=1S/C16H18N4O2S2/c1-12-5-3-6-13-15(12)16(19-11-18-13)17-8-9-20(2)24(21,22)14-7-4-10-23-14/h3-7,10-11H,8-9H2,1-2H3,(H,17,18,19). The first-order valence-corrected chi connectivity index (χ1v) is 9.76. The maximum atomic E-state index is 12.4.